The van der Waals surface area contributed by atoms with Crippen LogP contribution in [0, 0.1) is 13.8 Å². The quantitative estimate of drug-likeness (QED) is 0.939. The number of anilines is 1. The topological polar surface area (TPSA) is 75.4 Å². The number of carboxylic acids is 1. The number of aryl methyl sites for hydroxylation is 2. The summed E-state index contributed by atoms with van der Waals surface area (Å²) in [7, 11) is 1.86. The van der Waals surface area contributed by atoms with Crippen LogP contribution in [0.25, 0.3) is 0 Å². The SMILES string of the molecule is Cc1nn(C)c(C)c1[C@@H](C)C(=O)N1C[C@H](C(=O)O)c2ccccc21. The molecule has 2 heterocycles. The third kappa shape index (κ3) is 2.38. The molecule has 1 amide bonds. The molecule has 0 unspecified atom stereocenters. The Bertz CT molecular complexity index is 825. The van der Waals surface area contributed by atoms with Gasteiger partial charge in [-0.3, -0.25) is 14.3 Å². The molecule has 0 saturated carbocycles. The Balaban J connectivity index is 1.97. The van der Waals surface area contributed by atoms with Gasteiger partial charge in [-0.05, 0) is 32.4 Å². The van der Waals surface area contributed by atoms with Gasteiger partial charge in [-0.2, -0.15) is 5.10 Å². The van der Waals surface area contributed by atoms with E-state index in [9.17, 15) is 14.7 Å². The molecule has 0 spiro atoms. The van der Waals surface area contributed by atoms with E-state index in [2.05, 4.69) is 5.10 Å². The van der Waals surface area contributed by atoms with E-state index in [0.29, 0.717) is 11.3 Å². The van der Waals surface area contributed by atoms with E-state index < -0.39 is 11.9 Å². The molecule has 0 radical (unpaired) electrons. The lowest BCUT2D eigenvalue weighted by Crippen LogP contribution is -2.34. The molecular weight excluding hydrogens is 306 g/mol. The number of nitrogens with zero attached hydrogens (tertiary/aromatic N) is 3. The first-order chi connectivity index (χ1) is 11.3. The molecule has 1 aromatic carbocycles. The molecule has 2 atom stereocenters. The maximum absolute atomic E-state index is 13.1. The number of hydrogen-bond donors (Lipinski definition) is 1. The molecule has 126 valence electrons. The summed E-state index contributed by atoms with van der Waals surface area (Å²) in [6.07, 6.45) is 0. The number of para-hydroxylation sites is 1. The molecule has 0 bridgehead atoms. The zero-order valence-electron chi connectivity index (χ0n) is 14.3. The largest absolute Gasteiger partial charge is 0.481 e. The monoisotopic (exact) mass is 327 g/mol. The number of carboxylic acid groups (broad SMARTS) is 1. The molecule has 6 heteroatoms. The highest BCUT2D eigenvalue weighted by molar-refractivity contribution is 6.02. The number of rotatable bonds is 3. The van der Waals surface area contributed by atoms with Crippen molar-refractivity contribution in [3.8, 4) is 0 Å². The van der Waals surface area contributed by atoms with Crippen molar-refractivity contribution in [3.63, 3.8) is 0 Å². The number of amides is 1. The van der Waals surface area contributed by atoms with Gasteiger partial charge in [0, 0.05) is 30.5 Å². The van der Waals surface area contributed by atoms with Crippen molar-refractivity contribution in [2.75, 3.05) is 11.4 Å². The van der Waals surface area contributed by atoms with E-state index in [-0.39, 0.29) is 18.4 Å². The van der Waals surface area contributed by atoms with Crippen molar-refractivity contribution >= 4 is 17.6 Å². The van der Waals surface area contributed by atoms with Crippen molar-refractivity contribution in [2.24, 2.45) is 7.05 Å². The van der Waals surface area contributed by atoms with Crippen molar-refractivity contribution < 1.29 is 14.7 Å². The Hall–Kier alpha value is -2.63. The Morgan fingerprint density at radius 1 is 1.29 bits per heavy atom. The standard InChI is InChI=1S/C18H21N3O3/c1-10(16-11(2)19-20(4)12(16)3)17(22)21-9-14(18(23)24)13-7-5-6-8-15(13)21/h5-8,10,14H,9H2,1-4H3,(H,23,24)/t10-,14+/m1/s1. The smallest absolute Gasteiger partial charge is 0.312 e. The van der Waals surface area contributed by atoms with Crippen molar-refractivity contribution in [2.45, 2.75) is 32.6 Å². The minimum Gasteiger partial charge on any atom is -0.481 e. The second-order valence-electron chi connectivity index (χ2n) is 6.33. The van der Waals surface area contributed by atoms with Gasteiger partial charge in [-0.25, -0.2) is 0 Å². The molecule has 2 aromatic rings. The summed E-state index contributed by atoms with van der Waals surface area (Å²) in [6.45, 7) is 5.87. The zero-order valence-corrected chi connectivity index (χ0v) is 14.3. The van der Waals surface area contributed by atoms with Crippen LogP contribution in [0.4, 0.5) is 5.69 Å². The molecule has 1 N–H and O–H groups in total. The average Bonchev–Trinajstić information content (AvgIpc) is 3.04. The fraction of sp³-hybridized carbons (Fsp3) is 0.389. The summed E-state index contributed by atoms with van der Waals surface area (Å²) < 4.78 is 1.77. The van der Waals surface area contributed by atoms with E-state index in [1.165, 1.54) is 0 Å². The number of aliphatic carboxylic acids is 1. The number of carbonyl (C=O) groups excluding carboxylic acids is 1. The van der Waals surface area contributed by atoms with Gasteiger partial charge in [-0.15, -0.1) is 0 Å². The highest BCUT2D eigenvalue weighted by atomic mass is 16.4. The second-order valence-corrected chi connectivity index (χ2v) is 6.33. The van der Waals surface area contributed by atoms with Gasteiger partial charge in [0.25, 0.3) is 0 Å². The lowest BCUT2D eigenvalue weighted by atomic mass is 9.97. The van der Waals surface area contributed by atoms with Crippen LogP contribution >= 0.6 is 0 Å². The van der Waals surface area contributed by atoms with E-state index >= 15 is 0 Å². The Morgan fingerprint density at radius 2 is 1.96 bits per heavy atom. The molecule has 0 fully saturated rings. The molecule has 0 aliphatic carbocycles. The summed E-state index contributed by atoms with van der Waals surface area (Å²) in [5.74, 6) is -2.04. The first-order valence-electron chi connectivity index (χ1n) is 7.96. The lowest BCUT2D eigenvalue weighted by Gasteiger charge is -2.22. The van der Waals surface area contributed by atoms with Gasteiger partial charge < -0.3 is 10.0 Å². The Morgan fingerprint density at radius 3 is 2.54 bits per heavy atom. The lowest BCUT2D eigenvalue weighted by molar-refractivity contribution is -0.138. The predicted octanol–water partition coefficient (Wildman–Crippen LogP) is 2.36. The third-order valence-electron chi connectivity index (χ3n) is 4.90. The van der Waals surface area contributed by atoms with Crippen LogP contribution in [-0.2, 0) is 16.6 Å². The molecule has 1 aromatic heterocycles. The highest BCUT2D eigenvalue weighted by Crippen LogP contribution is 2.38. The average molecular weight is 327 g/mol. The summed E-state index contributed by atoms with van der Waals surface area (Å²) in [4.78, 5) is 26.2. The summed E-state index contributed by atoms with van der Waals surface area (Å²) in [5, 5.41) is 13.8. The van der Waals surface area contributed by atoms with Crippen molar-refractivity contribution in [1.29, 1.82) is 0 Å². The van der Waals surface area contributed by atoms with Gasteiger partial charge in [0.05, 0.1) is 11.6 Å². The molecule has 0 saturated heterocycles. The van der Waals surface area contributed by atoms with Crippen LogP contribution in [0.15, 0.2) is 24.3 Å². The molecule has 6 nitrogen and oxygen atoms in total. The first-order valence-corrected chi connectivity index (χ1v) is 7.96. The summed E-state index contributed by atoms with van der Waals surface area (Å²) >= 11 is 0. The van der Waals surface area contributed by atoms with Crippen LogP contribution in [0.5, 0.6) is 0 Å². The van der Waals surface area contributed by atoms with Crippen LogP contribution in [0.3, 0.4) is 0 Å². The van der Waals surface area contributed by atoms with Crippen LogP contribution in [-0.4, -0.2) is 33.3 Å². The van der Waals surface area contributed by atoms with E-state index in [1.54, 1.807) is 15.6 Å². The van der Waals surface area contributed by atoms with Gasteiger partial charge in [0.15, 0.2) is 0 Å². The Labute approximate surface area is 140 Å². The summed E-state index contributed by atoms with van der Waals surface area (Å²) in [6, 6.07) is 7.23. The molecular formula is C18H21N3O3. The third-order valence-corrected chi connectivity index (χ3v) is 4.90. The van der Waals surface area contributed by atoms with E-state index in [1.807, 2.05) is 46.0 Å². The van der Waals surface area contributed by atoms with Gasteiger partial charge in [-0.1, -0.05) is 18.2 Å². The van der Waals surface area contributed by atoms with Crippen LogP contribution in [0.1, 0.15) is 41.3 Å². The maximum atomic E-state index is 13.1. The van der Waals surface area contributed by atoms with Crippen LogP contribution in [0.2, 0.25) is 0 Å². The number of aromatic nitrogens is 2. The van der Waals surface area contributed by atoms with Gasteiger partial charge in [0.1, 0.15) is 5.92 Å². The first kappa shape index (κ1) is 16.2. The number of fused-ring (bicyclic) bond motifs is 1. The van der Waals surface area contributed by atoms with Crippen molar-refractivity contribution in [1.82, 2.24) is 9.78 Å². The minimum atomic E-state index is -0.904. The number of hydrogen-bond acceptors (Lipinski definition) is 3. The predicted molar refractivity (Wildman–Crippen MR) is 90.3 cm³/mol. The highest BCUT2D eigenvalue weighted by Gasteiger charge is 2.38. The fourth-order valence-electron chi connectivity index (χ4n) is 3.60. The van der Waals surface area contributed by atoms with E-state index in [0.717, 1.165) is 17.0 Å². The maximum Gasteiger partial charge on any atom is 0.312 e. The normalized spacial score (nSPS) is 17.7. The fourth-order valence-corrected chi connectivity index (χ4v) is 3.60. The number of benzene rings is 1. The zero-order chi connectivity index (χ0) is 17.6. The number of carbonyl (C=O) groups is 2. The molecule has 3 rings (SSSR count). The van der Waals surface area contributed by atoms with E-state index in [4.69, 9.17) is 0 Å². The summed E-state index contributed by atoms with van der Waals surface area (Å²) in [5.41, 5.74) is 4.10. The molecule has 1 aliphatic heterocycles. The van der Waals surface area contributed by atoms with Gasteiger partial charge in [0.2, 0.25) is 5.91 Å². The minimum absolute atomic E-state index is 0.0922. The van der Waals surface area contributed by atoms with Crippen molar-refractivity contribution in [3.05, 3.63) is 46.8 Å². The van der Waals surface area contributed by atoms with Crippen LogP contribution < -0.4 is 4.90 Å². The second kappa shape index (κ2) is 5.78. The molecule has 1 aliphatic rings. The Kier molecular flexibility index (Phi) is 3.91. The van der Waals surface area contributed by atoms with Gasteiger partial charge >= 0.3 is 5.97 Å². The molecule has 24 heavy (non-hydrogen) atoms.